The van der Waals surface area contributed by atoms with E-state index in [1.54, 1.807) is 0 Å². The molecule has 0 unspecified atom stereocenters. The van der Waals surface area contributed by atoms with Crippen molar-refractivity contribution >= 4 is 13.8 Å². The average Bonchev–Trinajstić information content (AvgIpc) is 2.45. The summed E-state index contributed by atoms with van der Waals surface area (Å²) in [7, 11) is 5.43. The van der Waals surface area contributed by atoms with E-state index >= 15 is 0 Å². The molecule has 0 aliphatic carbocycles. The fourth-order valence-electron chi connectivity index (χ4n) is 2.26. The van der Waals surface area contributed by atoms with Gasteiger partial charge in [0.15, 0.2) is 0 Å². The second-order valence-electron chi connectivity index (χ2n) is 5.65. The summed E-state index contributed by atoms with van der Waals surface area (Å²) in [6, 6.07) is 0. The zero-order valence-corrected chi connectivity index (χ0v) is 13.5. The van der Waals surface area contributed by atoms with Gasteiger partial charge in [0, 0.05) is 6.42 Å². The molecule has 0 atom stereocenters. The van der Waals surface area contributed by atoms with Crippen LogP contribution in [-0.4, -0.2) is 20.4 Å². The van der Waals surface area contributed by atoms with Gasteiger partial charge < -0.3 is 4.74 Å². The van der Waals surface area contributed by atoms with Crippen molar-refractivity contribution in [1.29, 1.82) is 0 Å². The summed E-state index contributed by atoms with van der Waals surface area (Å²) >= 11 is 0. The maximum Gasteiger partial charge on any atom is 0.305 e. The zero-order valence-electron chi connectivity index (χ0n) is 13.5. The van der Waals surface area contributed by atoms with Crippen LogP contribution in [0.25, 0.3) is 0 Å². The Kier molecular flexibility index (Phi) is 16.2. The molecular weight excluding hydrogens is 247 g/mol. The molecule has 0 N–H and O–H groups in total. The number of esters is 1. The van der Waals surface area contributed by atoms with E-state index in [2.05, 4.69) is 6.92 Å². The summed E-state index contributed by atoms with van der Waals surface area (Å²) < 4.78 is 5.24. The van der Waals surface area contributed by atoms with Gasteiger partial charge >= 0.3 is 5.97 Å². The third-order valence-electron chi connectivity index (χ3n) is 3.60. The number of ether oxygens (including phenoxy) is 1. The lowest BCUT2D eigenvalue weighted by molar-refractivity contribution is -0.143. The molecular formula is C17H33BO2. The predicted molar refractivity (Wildman–Crippen MR) is 87.2 cm³/mol. The van der Waals surface area contributed by atoms with Gasteiger partial charge in [-0.2, -0.15) is 0 Å². The van der Waals surface area contributed by atoms with Gasteiger partial charge in [-0.15, -0.1) is 0 Å². The topological polar surface area (TPSA) is 26.3 Å². The van der Waals surface area contributed by atoms with Crippen molar-refractivity contribution in [3.05, 3.63) is 0 Å². The Labute approximate surface area is 127 Å². The minimum atomic E-state index is -0.0187. The van der Waals surface area contributed by atoms with Crippen molar-refractivity contribution in [2.24, 2.45) is 0 Å². The fourth-order valence-corrected chi connectivity index (χ4v) is 2.26. The van der Waals surface area contributed by atoms with Crippen molar-refractivity contribution in [1.82, 2.24) is 0 Å². The molecule has 116 valence electrons. The highest BCUT2D eigenvalue weighted by Gasteiger charge is 2.02. The van der Waals surface area contributed by atoms with E-state index in [4.69, 9.17) is 12.6 Å². The molecule has 0 saturated heterocycles. The van der Waals surface area contributed by atoms with Crippen LogP contribution in [0.2, 0.25) is 6.32 Å². The highest BCUT2D eigenvalue weighted by Crippen LogP contribution is 2.09. The van der Waals surface area contributed by atoms with Crippen LogP contribution in [0.5, 0.6) is 0 Å². The summed E-state index contributed by atoms with van der Waals surface area (Å²) in [5.74, 6) is -0.0187. The van der Waals surface area contributed by atoms with Crippen molar-refractivity contribution in [2.75, 3.05) is 6.61 Å². The van der Waals surface area contributed by atoms with E-state index in [-0.39, 0.29) is 5.97 Å². The lowest BCUT2D eigenvalue weighted by Crippen LogP contribution is -2.05. The van der Waals surface area contributed by atoms with Crippen molar-refractivity contribution in [3.63, 3.8) is 0 Å². The van der Waals surface area contributed by atoms with Crippen molar-refractivity contribution in [2.45, 2.75) is 96.7 Å². The molecule has 0 aliphatic heterocycles. The monoisotopic (exact) mass is 280 g/mol. The molecule has 0 aromatic rings. The fraction of sp³-hybridized carbons (Fsp3) is 0.941. The molecule has 0 saturated carbocycles. The number of unbranched alkanes of at least 4 members (excludes halogenated alkanes) is 10. The maximum atomic E-state index is 11.5. The van der Waals surface area contributed by atoms with E-state index in [0.29, 0.717) is 13.0 Å². The van der Waals surface area contributed by atoms with Gasteiger partial charge in [-0.3, -0.25) is 4.79 Å². The summed E-state index contributed by atoms with van der Waals surface area (Å²) in [5, 5.41) is 0. The van der Waals surface area contributed by atoms with Crippen LogP contribution in [0, 0.1) is 0 Å². The zero-order chi connectivity index (χ0) is 14.9. The van der Waals surface area contributed by atoms with E-state index in [9.17, 15) is 4.79 Å². The molecule has 0 aliphatic rings. The molecule has 0 bridgehead atoms. The van der Waals surface area contributed by atoms with Crippen LogP contribution in [-0.2, 0) is 9.53 Å². The summed E-state index contributed by atoms with van der Waals surface area (Å²) in [5.41, 5.74) is 0. The summed E-state index contributed by atoms with van der Waals surface area (Å²) in [6.07, 6.45) is 15.7. The van der Waals surface area contributed by atoms with Crippen molar-refractivity contribution < 1.29 is 9.53 Å². The van der Waals surface area contributed by atoms with Crippen LogP contribution in [0.1, 0.15) is 90.4 Å². The Hall–Kier alpha value is -0.465. The Morgan fingerprint density at radius 3 is 2.00 bits per heavy atom. The number of hydrogen-bond donors (Lipinski definition) is 0. The van der Waals surface area contributed by atoms with Gasteiger partial charge in [-0.05, 0) is 12.8 Å². The first-order valence-electron chi connectivity index (χ1n) is 8.67. The highest BCUT2D eigenvalue weighted by atomic mass is 16.5. The normalized spacial score (nSPS) is 10.7. The minimum Gasteiger partial charge on any atom is -0.466 e. The molecule has 0 amide bonds. The van der Waals surface area contributed by atoms with Crippen LogP contribution in [0.15, 0.2) is 0 Å². The lowest BCUT2D eigenvalue weighted by Gasteiger charge is -2.05. The number of rotatable bonds is 15. The van der Waals surface area contributed by atoms with Gasteiger partial charge in [0.2, 0.25) is 0 Å². The molecule has 2 nitrogen and oxygen atoms in total. The van der Waals surface area contributed by atoms with Gasteiger partial charge in [-0.25, -0.2) is 0 Å². The van der Waals surface area contributed by atoms with Crippen molar-refractivity contribution in [3.8, 4) is 0 Å². The van der Waals surface area contributed by atoms with Gasteiger partial charge in [0.05, 0.1) is 14.5 Å². The van der Waals surface area contributed by atoms with Crippen LogP contribution in [0.4, 0.5) is 0 Å². The first kappa shape index (κ1) is 19.5. The first-order chi connectivity index (χ1) is 9.81. The van der Waals surface area contributed by atoms with Crippen LogP contribution >= 0.6 is 0 Å². The number of hydrogen-bond acceptors (Lipinski definition) is 2. The Balaban J connectivity index is 3.12. The van der Waals surface area contributed by atoms with Gasteiger partial charge in [0.1, 0.15) is 0 Å². The maximum absolute atomic E-state index is 11.5. The molecule has 0 aromatic carbocycles. The van der Waals surface area contributed by atoms with E-state index in [1.807, 2.05) is 0 Å². The van der Waals surface area contributed by atoms with Gasteiger partial charge in [-0.1, -0.05) is 77.5 Å². The smallest absolute Gasteiger partial charge is 0.305 e. The summed E-state index contributed by atoms with van der Waals surface area (Å²) in [6.45, 7) is 2.84. The Bertz CT molecular complexity index is 207. The minimum absolute atomic E-state index is 0.0187. The lowest BCUT2D eigenvalue weighted by atomic mass is 9.98. The van der Waals surface area contributed by atoms with E-state index < -0.39 is 0 Å². The Morgan fingerprint density at radius 2 is 1.35 bits per heavy atom. The molecule has 0 aromatic heterocycles. The predicted octanol–water partition coefficient (Wildman–Crippen LogP) is 5.21. The largest absolute Gasteiger partial charge is 0.466 e. The first-order valence-corrected chi connectivity index (χ1v) is 8.67. The number of carbonyl (C=O) groups is 1. The standard InChI is InChI=1S/C17H33BO2/c1-2-3-4-5-6-10-13-16-20-17(19)14-11-8-7-9-12-15-18/h2-16H2,1H3. The molecule has 3 heteroatoms. The van der Waals surface area contributed by atoms with E-state index in [1.165, 1.54) is 51.4 Å². The Morgan fingerprint density at radius 1 is 0.800 bits per heavy atom. The highest BCUT2D eigenvalue weighted by molar-refractivity contribution is 6.08. The van der Waals surface area contributed by atoms with E-state index in [0.717, 1.165) is 32.0 Å². The molecule has 20 heavy (non-hydrogen) atoms. The second kappa shape index (κ2) is 16.6. The molecule has 0 rings (SSSR count). The quantitative estimate of drug-likeness (QED) is 0.234. The molecule has 0 heterocycles. The molecule has 0 fully saturated rings. The third kappa shape index (κ3) is 15.6. The number of carbonyl (C=O) groups excluding carboxylic acids is 1. The molecule has 0 spiro atoms. The van der Waals surface area contributed by atoms with Crippen LogP contribution < -0.4 is 0 Å². The molecule has 2 radical (unpaired) electrons. The average molecular weight is 280 g/mol. The SMILES string of the molecule is [B]CCCCCCCC(=O)OCCCCCCCCC. The third-order valence-corrected chi connectivity index (χ3v) is 3.60. The summed E-state index contributed by atoms with van der Waals surface area (Å²) in [4.78, 5) is 11.5. The van der Waals surface area contributed by atoms with Gasteiger partial charge in [0.25, 0.3) is 0 Å². The van der Waals surface area contributed by atoms with Crippen LogP contribution in [0.3, 0.4) is 0 Å². The second-order valence-corrected chi connectivity index (χ2v) is 5.65.